The number of nitrogens with two attached hydrogens (primary N) is 1. The molecule has 0 spiro atoms. The third kappa shape index (κ3) is 4.14. The van der Waals surface area contributed by atoms with Gasteiger partial charge in [0.05, 0.1) is 12.1 Å². The van der Waals surface area contributed by atoms with Crippen molar-refractivity contribution in [3.05, 3.63) is 47.0 Å². The molecule has 3 N–H and O–H groups in total. The van der Waals surface area contributed by atoms with Gasteiger partial charge in [-0.1, -0.05) is 11.6 Å². The number of hydrogen-bond acceptors (Lipinski definition) is 3. The number of nitrogens with zero attached hydrogens (tertiary/aromatic N) is 2. The van der Waals surface area contributed by atoms with Crippen molar-refractivity contribution >= 4 is 23.2 Å². The van der Waals surface area contributed by atoms with Crippen LogP contribution in [0.4, 0.5) is 18.9 Å². The van der Waals surface area contributed by atoms with Gasteiger partial charge in [-0.2, -0.15) is 13.2 Å². The second-order valence-corrected chi connectivity index (χ2v) is 4.93. The number of halogens is 4. The van der Waals surface area contributed by atoms with Crippen molar-refractivity contribution in [3.8, 4) is 0 Å². The maximum atomic E-state index is 12.4. The summed E-state index contributed by atoms with van der Waals surface area (Å²) in [7, 11) is 0. The number of rotatable bonds is 5. The first-order valence-corrected chi connectivity index (χ1v) is 6.54. The number of imidazole rings is 1. The number of alkyl halides is 3. The highest BCUT2D eigenvalue weighted by Crippen LogP contribution is 2.22. The summed E-state index contributed by atoms with van der Waals surface area (Å²) in [4.78, 5) is 15.2. The van der Waals surface area contributed by atoms with Crippen LogP contribution in [0.15, 0.2) is 30.6 Å². The van der Waals surface area contributed by atoms with Gasteiger partial charge in [-0.15, -0.1) is 0 Å². The van der Waals surface area contributed by atoms with Gasteiger partial charge in [-0.05, 0) is 18.2 Å². The van der Waals surface area contributed by atoms with E-state index < -0.39 is 18.6 Å². The fraction of sp³-hybridized carbons (Fsp3) is 0.231. The molecule has 0 fully saturated rings. The van der Waals surface area contributed by atoms with Crippen molar-refractivity contribution < 1.29 is 18.0 Å². The molecule has 2 rings (SSSR count). The number of nitrogens with one attached hydrogen (secondary N) is 1. The predicted octanol–water partition coefficient (Wildman–Crippen LogP) is 2.81. The van der Waals surface area contributed by atoms with Crippen LogP contribution < -0.4 is 11.1 Å². The quantitative estimate of drug-likeness (QED) is 0.884. The van der Waals surface area contributed by atoms with Crippen LogP contribution in [0.25, 0.3) is 0 Å². The lowest BCUT2D eigenvalue weighted by Crippen LogP contribution is -2.20. The maximum Gasteiger partial charge on any atom is 0.406 e. The minimum Gasteiger partial charge on any atom is -0.377 e. The summed E-state index contributed by atoms with van der Waals surface area (Å²) in [5, 5.41) is 3.17. The second kappa shape index (κ2) is 6.27. The van der Waals surface area contributed by atoms with E-state index in [-0.39, 0.29) is 17.9 Å². The van der Waals surface area contributed by atoms with E-state index in [9.17, 15) is 18.0 Å². The molecule has 118 valence electrons. The molecule has 0 radical (unpaired) electrons. The lowest BCUT2D eigenvalue weighted by Gasteiger charge is -2.13. The number of hydrogen-bond donors (Lipinski definition) is 2. The molecule has 0 saturated heterocycles. The van der Waals surface area contributed by atoms with Gasteiger partial charge in [-0.3, -0.25) is 4.79 Å². The zero-order valence-electron chi connectivity index (χ0n) is 11.2. The number of primary amides is 1. The van der Waals surface area contributed by atoms with E-state index >= 15 is 0 Å². The van der Waals surface area contributed by atoms with E-state index in [1.165, 1.54) is 24.5 Å². The summed E-state index contributed by atoms with van der Waals surface area (Å²) >= 11 is 5.78. The summed E-state index contributed by atoms with van der Waals surface area (Å²) < 4.78 is 38.3. The maximum absolute atomic E-state index is 12.4. The molecule has 0 aliphatic rings. The highest BCUT2D eigenvalue weighted by molar-refractivity contribution is 6.31. The van der Waals surface area contributed by atoms with E-state index in [4.69, 9.17) is 17.3 Å². The van der Waals surface area contributed by atoms with Crippen LogP contribution in [-0.4, -0.2) is 21.6 Å². The Morgan fingerprint density at radius 3 is 2.77 bits per heavy atom. The number of anilines is 1. The fourth-order valence-corrected chi connectivity index (χ4v) is 2.07. The van der Waals surface area contributed by atoms with Crippen LogP contribution in [0.1, 0.15) is 16.2 Å². The molecule has 22 heavy (non-hydrogen) atoms. The molecule has 0 unspecified atom stereocenters. The van der Waals surface area contributed by atoms with E-state index in [1.807, 2.05) is 0 Å². The molecular weight excluding hydrogens is 321 g/mol. The monoisotopic (exact) mass is 332 g/mol. The third-order valence-corrected chi connectivity index (χ3v) is 3.07. The second-order valence-electron chi connectivity index (χ2n) is 4.49. The lowest BCUT2D eigenvalue weighted by atomic mass is 10.1. The van der Waals surface area contributed by atoms with Gasteiger partial charge in [-0.25, -0.2) is 4.98 Å². The normalized spacial score (nSPS) is 11.5. The van der Waals surface area contributed by atoms with E-state index in [0.717, 1.165) is 4.57 Å². The van der Waals surface area contributed by atoms with E-state index in [0.29, 0.717) is 10.7 Å². The van der Waals surface area contributed by atoms with Crippen LogP contribution in [-0.2, 0) is 13.1 Å². The van der Waals surface area contributed by atoms with Crippen molar-refractivity contribution in [2.24, 2.45) is 5.73 Å². The summed E-state index contributed by atoms with van der Waals surface area (Å²) in [6.07, 6.45) is -1.82. The summed E-state index contributed by atoms with van der Waals surface area (Å²) in [5.41, 5.74) is 5.77. The highest BCUT2D eigenvalue weighted by Gasteiger charge is 2.28. The van der Waals surface area contributed by atoms with Crippen LogP contribution >= 0.6 is 11.6 Å². The highest BCUT2D eigenvalue weighted by atomic mass is 35.5. The first-order chi connectivity index (χ1) is 10.3. The predicted molar refractivity (Wildman–Crippen MR) is 75.6 cm³/mol. The number of amides is 1. The number of benzene rings is 1. The third-order valence-electron chi connectivity index (χ3n) is 2.84. The Kier molecular flexibility index (Phi) is 4.60. The van der Waals surface area contributed by atoms with Gasteiger partial charge in [0.15, 0.2) is 0 Å². The van der Waals surface area contributed by atoms with Crippen molar-refractivity contribution in [2.75, 3.05) is 5.32 Å². The standard InChI is InChI=1S/C13H12ClF3N4O/c14-8-1-2-10(9(5-8)12(18)22)20-6-11-19-3-4-21(11)7-13(15,16)17/h1-5,20H,6-7H2,(H2,18,22). The van der Waals surface area contributed by atoms with Crippen LogP contribution in [0.3, 0.4) is 0 Å². The van der Waals surface area contributed by atoms with Crippen molar-refractivity contribution in [1.29, 1.82) is 0 Å². The fourth-order valence-electron chi connectivity index (χ4n) is 1.89. The minimum absolute atomic E-state index is 0.00495. The van der Waals surface area contributed by atoms with Gasteiger partial charge < -0.3 is 15.6 Å². The lowest BCUT2D eigenvalue weighted by molar-refractivity contribution is -0.141. The van der Waals surface area contributed by atoms with Crippen LogP contribution in [0.5, 0.6) is 0 Å². The first kappa shape index (κ1) is 16.2. The molecule has 0 saturated carbocycles. The van der Waals surface area contributed by atoms with Gasteiger partial charge in [0.1, 0.15) is 12.4 Å². The van der Waals surface area contributed by atoms with E-state index in [1.54, 1.807) is 6.07 Å². The largest absolute Gasteiger partial charge is 0.406 e. The molecule has 1 amide bonds. The van der Waals surface area contributed by atoms with Gasteiger partial charge in [0.2, 0.25) is 0 Å². The number of carbonyl (C=O) groups excluding carboxylic acids is 1. The molecule has 9 heteroatoms. The summed E-state index contributed by atoms with van der Waals surface area (Å²) in [6, 6.07) is 4.45. The van der Waals surface area contributed by atoms with E-state index in [2.05, 4.69) is 10.3 Å². The van der Waals surface area contributed by atoms with Crippen molar-refractivity contribution in [3.63, 3.8) is 0 Å². The van der Waals surface area contributed by atoms with Crippen LogP contribution in [0.2, 0.25) is 5.02 Å². The Balaban J connectivity index is 2.15. The smallest absolute Gasteiger partial charge is 0.377 e. The SMILES string of the molecule is NC(=O)c1cc(Cl)ccc1NCc1nccn1CC(F)(F)F. The van der Waals surface area contributed by atoms with Crippen molar-refractivity contribution in [2.45, 2.75) is 19.3 Å². The molecule has 0 bridgehead atoms. The number of aromatic nitrogens is 2. The summed E-state index contributed by atoms with van der Waals surface area (Å²) in [6.45, 7) is -1.13. The Morgan fingerprint density at radius 1 is 1.41 bits per heavy atom. The number of carbonyl (C=O) groups is 1. The Labute approximate surface area is 128 Å². The average molecular weight is 333 g/mol. The average Bonchev–Trinajstić information content (AvgIpc) is 2.82. The molecular formula is C13H12ClF3N4O. The van der Waals surface area contributed by atoms with Gasteiger partial charge in [0, 0.05) is 23.1 Å². The minimum atomic E-state index is -4.34. The topological polar surface area (TPSA) is 72.9 Å². The Morgan fingerprint density at radius 2 is 2.14 bits per heavy atom. The molecule has 0 aliphatic heterocycles. The molecule has 0 atom stereocenters. The molecule has 2 aromatic rings. The van der Waals surface area contributed by atoms with Crippen LogP contribution in [0, 0.1) is 0 Å². The zero-order chi connectivity index (χ0) is 16.3. The molecule has 5 nitrogen and oxygen atoms in total. The Hall–Kier alpha value is -2.22. The zero-order valence-corrected chi connectivity index (χ0v) is 11.9. The molecule has 1 heterocycles. The van der Waals surface area contributed by atoms with Gasteiger partial charge in [0.25, 0.3) is 5.91 Å². The van der Waals surface area contributed by atoms with Crippen molar-refractivity contribution in [1.82, 2.24) is 9.55 Å². The first-order valence-electron chi connectivity index (χ1n) is 6.16. The Bertz CT molecular complexity index is 684. The summed E-state index contributed by atoms with van der Waals surface area (Å²) in [5.74, 6) is -0.508. The molecule has 1 aromatic heterocycles. The molecule has 0 aliphatic carbocycles. The van der Waals surface area contributed by atoms with Gasteiger partial charge >= 0.3 is 6.18 Å². The molecule has 1 aromatic carbocycles.